The van der Waals surface area contributed by atoms with Gasteiger partial charge < -0.3 is 10.2 Å². The van der Waals surface area contributed by atoms with Crippen molar-refractivity contribution in [3.05, 3.63) is 55.5 Å². The minimum Gasteiger partial charge on any atom is -0.505 e. The Morgan fingerprint density at radius 2 is 0.905 bits per heavy atom. The van der Waals surface area contributed by atoms with E-state index in [1.807, 2.05) is 13.8 Å². The summed E-state index contributed by atoms with van der Waals surface area (Å²) in [5.74, 6) is -0.306. The molecule has 0 fully saturated rings. The average Bonchev–Trinajstić information content (AvgIpc) is 2.40. The van der Waals surface area contributed by atoms with Crippen molar-refractivity contribution in [3.63, 3.8) is 0 Å². The lowest BCUT2D eigenvalue weighted by molar-refractivity contribution is 0.474. The van der Waals surface area contributed by atoms with Gasteiger partial charge in [-0.25, -0.2) is 0 Å². The summed E-state index contributed by atoms with van der Waals surface area (Å²) < 4.78 is 0. The summed E-state index contributed by atoms with van der Waals surface area (Å²) >= 11 is 23.9. The molecule has 2 rings (SSSR count). The highest BCUT2D eigenvalue weighted by Crippen LogP contribution is 2.42. The third-order valence-corrected chi connectivity index (χ3v) is 4.63. The van der Waals surface area contributed by atoms with E-state index in [-0.39, 0.29) is 31.6 Å². The first-order valence-corrected chi connectivity index (χ1v) is 7.52. The predicted octanol–water partition coefficient (Wildman–Crippen LogP) is 6.04. The highest BCUT2D eigenvalue weighted by atomic mass is 35.5. The van der Waals surface area contributed by atoms with E-state index in [4.69, 9.17) is 46.4 Å². The minimum atomic E-state index is -0.526. The molecule has 0 aliphatic rings. The van der Waals surface area contributed by atoms with Crippen LogP contribution in [0, 0.1) is 0 Å². The van der Waals surface area contributed by atoms with Crippen LogP contribution in [0.5, 0.6) is 11.5 Å². The van der Waals surface area contributed by atoms with E-state index < -0.39 is 5.41 Å². The number of hydrogen-bond donors (Lipinski definition) is 2. The second-order valence-corrected chi connectivity index (χ2v) is 6.83. The van der Waals surface area contributed by atoms with Crippen LogP contribution in [0.15, 0.2) is 24.3 Å². The van der Waals surface area contributed by atoms with Crippen LogP contribution in [0.3, 0.4) is 0 Å². The lowest BCUT2D eigenvalue weighted by atomic mass is 10.1. The molecule has 0 amide bonds. The highest BCUT2D eigenvalue weighted by molar-refractivity contribution is 6.37. The second-order valence-electron chi connectivity index (χ2n) is 5.20. The van der Waals surface area contributed by atoms with Crippen LogP contribution in [-0.2, 0) is 5.41 Å². The molecule has 2 aromatic rings. The summed E-state index contributed by atoms with van der Waals surface area (Å²) in [6.45, 7) is 3.87. The molecule has 0 saturated heterocycles. The molecule has 112 valence electrons. The Kier molecular flexibility index (Phi) is 4.55. The maximum atomic E-state index is 9.65. The Labute approximate surface area is 142 Å². The van der Waals surface area contributed by atoms with E-state index in [0.717, 1.165) is 11.1 Å². The first-order chi connectivity index (χ1) is 9.64. The molecule has 0 unspecified atom stereocenters. The quantitative estimate of drug-likeness (QED) is 0.669. The maximum Gasteiger partial charge on any atom is 0.152 e. The van der Waals surface area contributed by atoms with E-state index in [9.17, 15) is 10.2 Å². The highest BCUT2D eigenvalue weighted by Gasteiger charge is 2.27. The Morgan fingerprint density at radius 3 is 1.14 bits per heavy atom. The number of benzene rings is 2. The number of hydrogen-bond acceptors (Lipinski definition) is 2. The Balaban J connectivity index is 2.61. The normalized spacial score (nSPS) is 11.7. The van der Waals surface area contributed by atoms with Crippen LogP contribution in [0.2, 0.25) is 20.1 Å². The van der Waals surface area contributed by atoms with Crippen molar-refractivity contribution < 1.29 is 10.2 Å². The van der Waals surface area contributed by atoms with Crippen molar-refractivity contribution in [1.82, 2.24) is 0 Å². The molecule has 0 spiro atoms. The molecule has 0 bridgehead atoms. The fourth-order valence-corrected chi connectivity index (χ4v) is 2.99. The van der Waals surface area contributed by atoms with Gasteiger partial charge in [0.25, 0.3) is 0 Å². The standard InChI is InChI=1S/C15H12Cl4O2/c1-15(2,7-3-9(16)13(20)10(17)4-7)8-5-11(18)14(21)12(19)6-8/h3-6,20-21H,1-2H3/i3+1,4+1,5+1,6+1,7+1,8+1,9+1,10+1,11+1,12+1,13+1,14+1. The Bertz CT molecular complexity index is 605. The molecule has 0 heterocycles. The minimum absolute atomic E-state index is 0.153. The van der Waals surface area contributed by atoms with Crippen LogP contribution < -0.4 is 0 Å². The summed E-state index contributed by atoms with van der Waals surface area (Å²) in [5, 5.41) is 20.0. The van der Waals surface area contributed by atoms with Gasteiger partial charge in [-0.2, -0.15) is 0 Å². The molecule has 6 heteroatoms. The van der Waals surface area contributed by atoms with Crippen molar-refractivity contribution in [1.29, 1.82) is 0 Å². The summed E-state index contributed by atoms with van der Waals surface area (Å²) in [5.41, 5.74) is 1.04. The van der Waals surface area contributed by atoms with Gasteiger partial charge in [-0.05, 0) is 35.4 Å². The van der Waals surface area contributed by atoms with Crippen LogP contribution in [-0.4, -0.2) is 10.2 Å². The molecule has 2 N–H and O–H groups in total. The molecule has 0 aliphatic carbocycles. The number of aromatic hydroxyl groups is 2. The van der Waals surface area contributed by atoms with Gasteiger partial charge in [0, 0.05) is 5.41 Å². The van der Waals surface area contributed by atoms with Gasteiger partial charge in [-0.15, -0.1) is 0 Å². The largest absolute Gasteiger partial charge is 0.505 e. The SMILES string of the molecule is CC(C)([13c]1[13cH][13c](Cl)[13c](O)[13c](Cl)[13cH]1)[13c]1[13cH][13c](Cl)[13c](O)[13c](Cl)[13cH]1. The van der Waals surface area contributed by atoms with Crippen LogP contribution >= 0.6 is 46.4 Å². The van der Waals surface area contributed by atoms with Gasteiger partial charge >= 0.3 is 0 Å². The van der Waals surface area contributed by atoms with E-state index >= 15 is 0 Å². The molecular weight excluding hydrogens is 366 g/mol. The topological polar surface area (TPSA) is 40.5 Å². The lowest BCUT2D eigenvalue weighted by Gasteiger charge is -2.27. The monoisotopic (exact) mass is 376 g/mol. The third-order valence-electron chi connectivity index (χ3n) is 3.48. The van der Waals surface area contributed by atoms with Gasteiger partial charge in [0.05, 0.1) is 20.1 Å². The first-order valence-electron chi connectivity index (χ1n) is 6.01. The van der Waals surface area contributed by atoms with Crippen LogP contribution in [0.4, 0.5) is 0 Å². The molecule has 2 nitrogen and oxygen atoms in total. The molecule has 0 atom stereocenters. The third kappa shape index (κ3) is 3.04. The zero-order chi connectivity index (χ0) is 15.9. The first kappa shape index (κ1) is 16.6. The van der Waals surface area contributed by atoms with Gasteiger partial charge in [0.2, 0.25) is 0 Å². The smallest absolute Gasteiger partial charge is 0.152 e. The zero-order valence-corrected chi connectivity index (χ0v) is 14.2. The Morgan fingerprint density at radius 1 is 0.667 bits per heavy atom. The Hall–Kier alpha value is -0.800. The molecule has 0 aliphatic heterocycles. The van der Waals surface area contributed by atoms with E-state index in [0.29, 0.717) is 0 Å². The van der Waals surface area contributed by atoms with Crippen LogP contribution in [0.25, 0.3) is 0 Å². The summed E-state index contributed by atoms with van der Waals surface area (Å²) in [4.78, 5) is 0. The maximum absolute atomic E-state index is 9.65. The fraction of sp³-hybridized carbons (Fsp3) is 0.200. The van der Waals surface area contributed by atoms with E-state index in [1.54, 1.807) is 24.3 Å². The molecular formula is C15H12Cl4O2. The number of phenolic OH excluding ortho intramolecular Hbond substituents is 2. The number of halogens is 4. The molecule has 0 saturated carbocycles. The van der Waals surface area contributed by atoms with Crippen molar-refractivity contribution in [3.8, 4) is 11.5 Å². The predicted molar refractivity (Wildman–Crippen MR) is 88.4 cm³/mol. The summed E-state index contributed by atoms with van der Waals surface area (Å²) in [6.07, 6.45) is 0. The van der Waals surface area contributed by atoms with Crippen molar-refractivity contribution >= 4 is 46.4 Å². The average molecular weight is 378 g/mol. The molecule has 2 aromatic carbocycles. The van der Waals surface area contributed by atoms with Gasteiger partial charge in [-0.3, -0.25) is 0 Å². The lowest BCUT2D eigenvalue weighted by Crippen LogP contribution is -2.19. The summed E-state index contributed by atoms with van der Waals surface area (Å²) in [6, 6.07) is 6.55. The van der Waals surface area contributed by atoms with Crippen LogP contribution in [0.1, 0.15) is 25.0 Å². The van der Waals surface area contributed by atoms with Gasteiger partial charge in [0.15, 0.2) is 11.5 Å². The van der Waals surface area contributed by atoms with Crippen molar-refractivity contribution in [2.24, 2.45) is 0 Å². The van der Waals surface area contributed by atoms with Gasteiger partial charge in [0.1, 0.15) is 0 Å². The molecule has 0 aromatic heterocycles. The summed E-state index contributed by atoms with van der Waals surface area (Å²) in [7, 11) is 0. The van der Waals surface area contributed by atoms with Gasteiger partial charge in [-0.1, -0.05) is 60.3 Å². The van der Waals surface area contributed by atoms with E-state index in [1.165, 1.54) is 0 Å². The second kappa shape index (κ2) is 5.77. The fourth-order valence-electron chi connectivity index (χ4n) is 2.02. The van der Waals surface area contributed by atoms with Crippen molar-refractivity contribution in [2.45, 2.75) is 19.3 Å². The molecule has 21 heavy (non-hydrogen) atoms. The zero-order valence-electron chi connectivity index (χ0n) is 11.2. The van der Waals surface area contributed by atoms with E-state index in [2.05, 4.69) is 0 Å². The van der Waals surface area contributed by atoms with Crippen molar-refractivity contribution in [2.75, 3.05) is 0 Å². The number of rotatable bonds is 2. The number of phenols is 2. The molecule has 0 radical (unpaired) electrons.